The number of piperazine rings is 2. The lowest BCUT2D eigenvalue weighted by atomic mass is 9.83. The summed E-state index contributed by atoms with van der Waals surface area (Å²) < 4.78 is 66.6. The third kappa shape index (κ3) is 19.2. The van der Waals surface area contributed by atoms with E-state index in [1.165, 1.54) is 34.1 Å². The second-order valence-corrected chi connectivity index (χ2v) is 22.3. The topological polar surface area (TPSA) is 178 Å². The first-order valence-electron chi connectivity index (χ1n) is 26.7. The molecule has 0 radical (unpaired) electrons. The highest BCUT2D eigenvalue weighted by Crippen LogP contribution is 2.28. The quantitative estimate of drug-likeness (QED) is 0.0553. The summed E-state index contributed by atoms with van der Waals surface area (Å²) in [5.74, 6) is -4.22. The second kappa shape index (κ2) is 28.1. The molecule has 3 amide bonds. The Bertz CT molecular complexity index is 2550. The van der Waals surface area contributed by atoms with Crippen LogP contribution in [0.4, 0.5) is 27.2 Å². The largest absolute Gasteiger partial charge is 0.444 e. The molecule has 4 aromatic rings. The molecule has 0 bridgehead atoms. The van der Waals surface area contributed by atoms with Gasteiger partial charge in [0.2, 0.25) is 0 Å². The van der Waals surface area contributed by atoms with Crippen molar-refractivity contribution in [1.82, 2.24) is 24.9 Å². The fourth-order valence-electron chi connectivity index (χ4n) is 9.80. The van der Waals surface area contributed by atoms with Crippen LogP contribution in [-0.4, -0.2) is 148 Å². The molecule has 422 valence electrons. The van der Waals surface area contributed by atoms with Crippen LogP contribution in [0.2, 0.25) is 0 Å². The van der Waals surface area contributed by atoms with E-state index in [0.29, 0.717) is 62.5 Å². The van der Waals surface area contributed by atoms with Gasteiger partial charge in [-0.15, -0.1) is 0 Å². The Morgan fingerprint density at radius 2 is 1.21 bits per heavy atom. The first-order chi connectivity index (χ1) is 36.2. The van der Waals surface area contributed by atoms with Gasteiger partial charge in [-0.1, -0.05) is 44.2 Å². The molecule has 2 heterocycles. The fourth-order valence-corrected chi connectivity index (χ4v) is 9.80. The standard InChI is InChI=1S/C34H47F2N3O5.C25H33F2N3O3/c1-7-10-38(11-8-2)32(42)26-14-22(3)13-24(18-26)30(40)19-25(15-23-16-27(35)20-28(36)17-23)31(41)29-21-37-9-12-39(29)33(43)44-34(4,5)6;1-25(2,3)33-24(32)30-10-9-29(15-17-7-5-4-6-8-17)16-22(30)23(31)21(28)13-18-11-19(26)14-20(27)12-18/h13-14,16-18,20,25,29,31,37,41H,7-12,15,19,21H2,1-6H3;4-8,11-12,14,21-23,31H,9-10,13,15-16,28H2,1-3H3/t25-,29-,31+;21?,22-,23+/m11/s1. The van der Waals surface area contributed by atoms with Crippen LogP contribution in [0.1, 0.15) is 118 Å². The van der Waals surface area contributed by atoms with Gasteiger partial charge in [-0.05, 0) is 145 Å². The molecule has 77 heavy (non-hydrogen) atoms. The van der Waals surface area contributed by atoms with Crippen molar-refractivity contribution in [2.75, 3.05) is 52.4 Å². The first-order valence-corrected chi connectivity index (χ1v) is 26.7. The Kier molecular flexibility index (Phi) is 22.6. The molecular formula is C59H80F4N6O8. The minimum atomic E-state index is -1.24. The molecule has 1 unspecified atom stereocenters. The van der Waals surface area contributed by atoms with Crippen molar-refractivity contribution in [2.45, 2.75) is 142 Å². The average molecular weight is 1080 g/mol. The van der Waals surface area contributed by atoms with Gasteiger partial charge in [0.15, 0.2) is 5.78 Å². The third-order valence-corrected chi connectivity index (χ3v) is 13.2. The molecule has 2 aliphatic rings. The van der Waals surface area contributed by atoms with E-state index >= 15 is 0 Å². The number of aliphatic hydroxyl groups excluding tert-OH is 2. The van der Waals surface area contributed by atoms with Crippen molar-refractivity contribution >= 4 is 23.9 Å². The lowest BCUT2D eigenvalue weighted by molar-refractivity contribution is -0.0389. The van der Waals surface area contributed by atoms with E-state index in [1.807, 2.05) is 51.1 Å². The minimum absolute atomic E-state index is 0.0153. The highest BCUT2D eigenvalue weighted by molar-refractivity contribution is 6.01. The van der Waals surface area contributed by atoms with Crippen LogP contribution >= 0.6 is 0 Å². The van der Waals surface area contributed by atoms with Gasteiger partial charge in [0, 0.05) is 94.6 Å². The van der Waals surface area contributed by atoms with Gasteiger partial charge in [0.25, 0.3) is 5.91 Å². The molecule has 0 saturated carbocycles. The maximum absolute atomic E-state index is 14.1. The molecule has 2 aliphatic heterocycles. The normalized spacial score (nSPS) is 17.8. The number of rotatable bonds is 18. The molecular weight excluding hydrogens is 997 g/mol. The second-order valence-electron chi connectivity index (χ2n) is 22.3. The molecule has 6 atom stereocenters. The molecule has 0 aromatic heterocycles. The van der Waals surface area contributed by atoms with Gasteiger partial charge < -0.3 is 40.5 Å². The van der Waals surface area contributed by atoms with E-state index in [2.05, 4.69) is 10.2 Å². The Labute approximate surface area is 451 Å². The first kappa shape index (κ1) is 61.9. The van der Waals surface area contributed by atoms with Crippen LogP contribution < -0.4 is 11.1 Å². The Morgan fingerprint density at radius 1 is 0.688 bits per heavy atom. The number of Topliss-reactive ketones (excluding diaryl/α,β-unsaturated/α-hetero) is 1. The Morgan fingerprint density at radius 3 is 1.74 bits per heavy atom. The molecule has 14 nitrogen and oxygen atoms in total. The minimum Gasteiger partial charge on any atom is -0.444 e. The van der Waals surface area contributed by atoms with Gasteiger partial charge in [0.1, 0.15) is 34.5 Å². The van der Waals surface area contributed by atoms with E-state index in [4.69, 9.17) is 15.2 Å². The fraction of sp³-hybridized carbons (Fsp3) is 0.525. The molecule has 2 fully saturated rings. The maximum Gasteiger partial charge on any atom is 0.410 e. The third-order valence-electron chi connectivity index (χ3n) is 13.2. The Hall–Kier alpha value is -5.92. The zero-order valence-electron chi connectivity index (χ0n) is 46.2. The Balaban J connectivity index is 0.000000296. The number of hydrogen-bond donors (Lipinski definition) is 4. The molecule has 0 aliphatic carbocycles. The number of carbonyl (C=O) groups excluding carboxylic acids is 4. The summed E-state index contributed by atoms with van der Waals surface area (Å²) in [4.78, 5) is 60.0. The summed E-state index contributed by atoms with van der Waals surface area (Å²) in [6, 6.07) is 19.0. The maximum atomic E-state index is 14.1. The van der Waals surface area contributed by atoms with E-state index in [0.717, 1.165) is 36.1 Å². The monoisotopic (exact) mass is 1080 g/mol. The summed E-state index contributed by atoms with van der Waals surface area (Å²) in [6.45, 7) is 20.7. The number of aryl methyl sites for hydroxylation is 1. The predicted octanol–water partition coefficient (Wildman–Crippen LogP) is 8.85. The molecule has 6 rings (SSSR count). The summed E-state index contributed by atoms with van der Waals surface area (Å²) >= 11 is 0. The van der Waals surface area contributed by atoms with Crippen molar-refractivity contribution in [3.63, 3.8) is 0 Å². The number of nitrogens with two attached hydrogens (primary N) is 1. The van der Waals surface area contributed by atoms with Crippen LogP contribution in [0.3, 0.4) is 0 Å². The van der Waals surface area contributed by atoms with E-state index in [-0.39, 0.29) is 49.6 Å². The number of halogens is 4. The number of benzene rings is 4. The van der Waals surface area contributed by atoms with Crippen molar-refractivity contribution in [1.29, 1.82) is 0 Å². The zero-order chi connectivity index (χ0) is 56.8. The van der Waals surface area contributed by atoms with Crippen LogP contribution in [-0.2, 0) is 28.9 Å². The van der Waals surface area contributed by atoms with E-state index in [9.17, 15) is 47.0 Å². The van der Waals surface area contributed by atoms with Crippen molar-refractivity contribution in [3.05, 3.63) is 142 Å². The van der Waals surface area contributed by atoms with Gasteiger partial charge in [0.05, 0.1) is 24.3 Å². The molecule has 4 aromatic carbocycles. The SMILES string of the molecule is CC(C)(C)OC(=O)N1CCN(Cc2ccccc2)C[C@@H]1[C@@H](O)C(N)Cc1cc(F)cc(F)c1.CCCN(CCC)C(=O)c1cc(C)cc(C(=O)C[C@@H](Cc2cc(F)cc(F)c2)[C@H](O)[C@H]2CNCCN2C(=O)OC(C)(C)C)c1. The van der Waals surface area contributed by atoms with Gasteiger partial charge in [-0.25, -0.2) is 27.2 Å². The molecule has 0 spiro atoms. The summed E-state index contributed by atoms with van der Waals surface area (Å²) in [6.07, 6.45) is -1.98. The van der Waals surface area contributed by atoms with Gasteiger partial charge in [-0.2, -0.15) is 0 Å². The van der Waals surface area contributed by atoms with Crippen LogP contribution in [0.5, 0.6) is 0 Å². The number of nitrogens with one attached hydrogen (secondary N) is 1. The molecule has 5 N–H and O–H groups in total. The number of carbonyl (C=O) groups is 4. The molecule has 18 heteroatoms. The number of ketones is 1. The number of nitrogens with zero attached hydrogens (tertiary/aromatic N) is 4. The smallest absolute Gasteiger partial charge is 0.410 e. The number of hydrogen-bond acceptors (Lipinski definition) is 11. The summed E-state index contributed by atoms with van der Waals surface area (Å²) in [7, 11) is 0. The van der Waals surface area contributed by atoms with E-state index in [1.54, 1.807) is 64.6 Å². The number of aliphatic hydroxyl groups is 2. The zero-order valence-corrected chi connectivity index (χ0v) is 46.2. The highest BCUT2D eigenvalue weighted by atomic mass is 19.1. The number of ether oxygens (including phenoxy) is 2. The van der Waals surface area contributed by atoms with Crippen molar-refractivity contribution < 1.29 is 56.4 Å². The highest BCUT2D eigenvalue weighted by Gasteiger charge is 2.41. The van der Waals surface area contributed by atoms with Crippen molar-refractivity contribution in [3.8, 4) is 0 Å². The van der Waals surface area contributed by atoms with Crippen LogP contribution in [0.15, 0.2) is 84.9 Å². The van der Waals surface area contributed by atoms with E-state index < -0.39 is 82.9 Å². The average Bonchev–Trinajstić information content (AvgIpc) is 3.34. The van der Waals surface area contributed by atoms with Crippen LogP contribution in [0, 0.1) is 36.1 Å². The lowest BCUT2D eigenvalue weighted by Gasteiger charge is -2.44. The number of amides is 3. The van der Waals surface area contributed by atoms with Gasteiger partial charge in [-0.3, -0.25) is 19.4 Å². The lowest BCUT2D eigenvalue weighted by Crippen LogP contribution is -2.63. The summed E-state index contributed by atoms with van der Waals surface area (Å²) in [5.41, 5.74) is 8.05. The van der Waals surface area contributed by atoms with Crippen molar-refractivity contribution in [2.24, 2.45) is 11.7 Å². The predicted molar refractivity (Wildman–Crippen MR) is 288 cm³/mol. The van der Waals surface area contributed by atoms with Crippen LogP contribution in [0.25, 0.3) is 0 Å². The summed E-state index contributed by atoms with van der Waals surface area (Å²) in [5, 5.41) is 26.1. The molecule has 2 saturated heterocycles. The van der Waals surface area contributed by atoms with Gasteiger partial charge >= 0.3 is 12.2 Å².